The number of hydrogen-bond donors (Lipinski definition) is 1. The molecule has 2 aromatic rings. The van der Waals surface area contributed by atoms with Gasteiger partial charge < -0.3 is 19.5 Å². The number of para-hydroxylation sites is 1. The van der Waals surface area contributed by atoms with Gasteiger partial charge in [-0.05, 0) is 25.0 Å². The molecular weight excluding hydrogens is 352 g/mol. The first kappa shape index (κ1) is 20.2. The third kappa shape index (κ3) is 5.27. The van der Waals surface area contributed by atoms with Crippen molar-refractivity contribution in [2.75, 3.05) is 20.1 Å². The van der Waals surface area contributed by atoms with E-state index >= 15 is 0 Å². The van der Waals surface area contributed by atoms with E-state index < -0.39 is 0 Å². The fourth-order valence-corrected chi connectivity index (χ4v) is 3.69. The summed E-state index contributed by atoms with van der Waals surface area (Å²) in [6.45, 7) is 6.82. The minimum Gasteiger partial charge on any atom is -0.490 e. The van der Waals surface area contributed by atoms with E-state index in [9.17, 15) is 0 Å². The molecule has 0 bridgehead atoms. The third-order valence-corrected chi connectivity index (χ3v) is 5.40. The maximum atomic E-state index is 6.08. The van der Waals surface area contributed by atoms with Gasteiger partial charge in [0.25, 0.3) is 0 Å². The third-order valence-electron chi connectivity index (χ3n) is 5.40. The number of hydrogen-bond acceptors (Lipinski definition) is 4. The van der Waals surface area contributed by atoms with E-state index in [0.29, 0.717) is 12.5 Å². The number of rotatable bonds is 7. The van der Waals surface area contributed by atoms with Crippen molar-refractivity contribution in [3.63, 3.8) is 0 Å². The van der Waals surface area contributed by atoms with Gasteiger partial charge >= 0.3 is 0 Å². The van der Waals surface area contributed by atoms with E-state index in [4.69, 9.17) is 9.26 Å². The Labute approximate surface area is 168 Å². The Morgan fingerprint density at radius 2 is 1.96 bits per heavy atom. The summed E-state index contributed by atoms with van der Waals surface area (Å²) in [7, 11) is 1.82. The van der Waals surface area contributed by atoms with Gasteiger partial charge in [-0.2, -0.15) is 0 Å². The SMILES string of the molecule is CCC(CC)c1cc(CNC(=NC)N2CCC(Oc3ccccc3)CC2)on1. The standard InChI is InChI=1S/C22H32N4O2/c1-4-17(5-2)21-15-20(28-25-21)16-24-22(23-3)26-13-11-19(12-14-26)27-18-9-7-6-8-10-18/h6-10,15,17,19H,4-5,11-14,16H2,1-3H3,(H,23,24). The highest BCUT2D eigenvalue weighted by Crippen LogP contribution is 2.22. The van der Waals surface area contributed by atoms with Crippen LogP contribution in [-0.4, -0.2) is 42.3 Å². The quantitative estimate of drug-likeness (QED) is 0.573. The topological polar surface area (TPSA) is 62.9 Å². The number of nitrogens with one attached hydrogen (secondary N) is 1. The van der Waals surface area contributed by atoms with Crippen molar-refractivity contribution >= 4 is 5.96 Å². The number of nitrogens with zero attached hydrogens (tertiary/aromatic N) is 3. The Kier molecular flexibility index (Phi) is 7.34. The molecule has 1 aliphatic heterocycles. The van der Waals surface area contributed by atoms with E-state index in [-0.39, 0.29) is 6.10 Å². The summed E-state index contributed by atoms with van der Waals surface area (Å²) in [6.07, 6.45) is 4.39. The van der Waals surface area contributed by atoms with E-state index in [2.05, 4.69) is 40.3 Å². The molecule has 6 nitrogen and oxygen atoms in total. The number of aromatic nitrogens is 1. The molecule has 1 aromatic carbocycles. The van der Waals surface area contributed by atoms with Crippen LogP contribution in [0.1, 0.15) is 56.9 Å². The molecule has 0 radical (unpaired) electrons. The van der Waals surface area contributed by atoms with Crippen LogP contribution in [0.4, 0.5) is 0 Å². The van der Waals surface area contributed by atoms with Crippen molar-refractivity contribution < 1.29 is 9.26 Å². The number of piperidine rings is 1. The summed E-state index contributed by atoms with van der Waals surface area (Å²) in [5.74, 6) is 3.17. The Bertz CT molecular complexity index is 732. The lowest BCUT2D eigenvalue weighted by Gasteiger charge is -2.34. The largest absolute Gasteiger partial charge is 0.490 e. The number of aliphatic imine (C=N–C) groups is 1. The van der Waals surface area contributed by atoms with Gasteiger partial charge in [-0.3, -0.25) is 4.99 Å². The molecule has 2 heterocycles. The highest BCUT2D eigenvalue weighted by atomic mass is 16.5. The van der Waals surface area contributed by atoms with Gasteiger partial charge in [0.05, 0.1) is 12.2 Å². The Hall–Kier alpha value is -2.50. The molecule has 1 saturated heterocycles. The van der Waals surface area contributed by atoms with Crippen LogP contribution in [0.25, 0.3) is 0 Å². The van der Waals surface area contributed by atoms with E-state index in [1.165, 1.54) is 0 Å². The summed E-state index contributed by atoms with van der Waals surface area (Å²) in [5.41, 5.74) is 1.05. The van der Waals surface area contributed by atoms with Gasteiger partial charge in [0.15, 0.2) is 11.7 Å². The average Bonchev–Trinajstić information content (AvgIpc) is 3.20. The highest BCUT2D eigenvalue weighted by Gasteiger charge is 2.23. The maximum absolute atomic E-state index is 6.08. The lowest BCUT2D eigenvalue weighted by atomic mass is 9.99. The molecule has 3 rings (SSSR count). The van der Waals surface area contributed by atoms with E-state index in [0.717, 1.165) is 61.9 Å². The van der Waals surface area contributed by atoms with Crippen LogP contribution in [0.2, 0.25) is 0 Å². The molecule has 0 unspecified atom stereocenters. The average molecular weight is 385 g/mol. The second kappa shape index (κ2) is 10.2. The molecule has 1 N–H and O–H groups in total. The smallest absolute Gasteiger partial charge is 0.194 e. The maximum Gasteiger partial charge on any atom is 0.194 e. The van der Waals surface area contributed by atoms with Crippen LogP contribution >= 0.6 is 0 Å². The Morgan fingerprint density at radius 1 is 1.25 bits per heavy atom. The lowest BCUT2D eigenvalue weighted by molar-refractivity contribution is 0.129. The van der Waals surface area contributed by atoms with Gasteiger partial charge in [0.1, 0.15) is 11.9 Å². The molecule has 1 aromatic heterocycles. The number of benzene rings is 1. The zero-order valence-corrected chi connectivity index (χ0v) is 17.2. The van der Waals surface area contributed by atoms with E-state index in [1.807, 2.05) is 37.4 Å². The molecule has 6 heteroatoms. The van der Waals surface area contributed by atoms with Crippen molar-refractivity contribution in [2.45, 2.75) is 58.1 Å². The van der Waals surface area contributed by atoms with Crippen molar-refractivity contribution in [3.8, 4) is 5.75 Å². The molecule has 1 aliphatic rings. The molecule has 0 aliphatic carbocycles. The van der Waals surface area contributed by atoms with Gasteiger partial charge in [0, 0.05) is 45.0 Å². The lowest BCUT2D eigenvalue weighted by Crippen LogP contribution is -2.47. The fraction of sp³-hybridized carbons (Fsp3) is 0.545. The molecule has 1 fully saturated rings. The molecule has 28 heavy (non-hydrogen) atoms. The summed E-state index contributed by atoms with van der Waals surface area (Å²) in [6, 6.07) is 12.1. The molecule has 152 valence electrons. The Balaban J connectivity index is 1.47. The summed E-state index contributed by atoms with van der Waals surface area (Å²) >= 11 is 0. The van der Waals surface area contributed by atoms with Crippen LogP contribution in [0.15, 0.2) is 45.9 Å². The minimum absolute atomic E-state index is 0.258. The molecule has 0 saturated carbocycles. The van der Waals surface area contributed by atoms with Crippen LogP contribution in [-0.2, 0) is 6.54 Å². The predicted molar refractivity (Wildman–Crippen MR) is 112 cm³/mol. The molecule has 0 spiro atoms. The second-order valence-corrected chi connectivity index (χ2v) is 7.25. The van der Waals surface area contributed by atoms with Crippen LogP contribution in [0.3, 0.4) is 0 Å². The van der Waals surface area contributed by atoms with Crippen LogP contribution in [0, 0.1) is 0 Å². The predicted octanol–water partition coefficient (Wildman–Crippen LogP) is 4.20. The van der Waals surface area contributed by atoms with Crippen molar-refractivity contribution in [1.29, 1.82) is 0 Å². The van der Waals surface area contributed by atoms with Gasteiger partial charge in [0.2, 0.25) is 0 Å². The number of ether oxygens (including phenoxy) is 1. The first-order chi connectivity index (χ1) is 13.7. The van der Waals surface area contributed by atoms with Crippen molar-refractivity contribution in [1.82, 2.24) is 15.4 Å². The molecular formula is C22H32N4O2. The first-order valence-corrected chi connectivity index (χ1v) is 10.4. The summed E-state index contributed by atoms with van der Waals surface area (Å²) in [5, 5.41) is 7.65. The normalized spacial score (nSPS) is 15.9. The molecule has 0 atom stereocenters. The summed E-state index contributed by atoms with van der Waals surface area (Å²) in [4.78, 5) is 6.72. The molecule has 0 amide bonds. The number of likely N-dealkylation sites (tertiary alicyclic amines) is 1. The zero-order valence-electron chi connectivity index (χ0n) is 17.2. The number of guanidine groups is 1. The van der Waals surface area contributed by atoms with Gasteiger partial charge in [-0.25, -0.2) is 0 Å². The van der Waals surface area contributed by atoms with Crippen molar-refractivity contribution in [3.05, 3.63) is 47.9 Å². The zero-order chi connectivity index (χ0) is 19.8. The first-order valence-electron chi connectivity index (χ1n) is 10.4. The monoisotopic (exact) mass is 384 g/mol. The van der Waals surface area contributed by atoms with Gasteiger partial charge in [-0.15, -0.1) is 0 Å². The van der Waals surface area contributed by atoms with Crippen LogP contribution < -0.4 is 10.1 Å². The van der Waals surface area contributed by atoms with Gasteiger partial charge in [-0.1, -0.05) is 37.2 Å². The minimum atomic E-state index is 0.258. The highest BCUT2D eigenvalue weighted by molar-refractivity contribution is 5.79. The van der Waals surface area contributed by atoms with E-state index in [1.54, 1.807) is 0 Å². The summed E-state index contributed by atoms with van der Waals surface area (Å²) < 4.78 is 11.6. The van der Waals surface area contributed by atoms with Crippen molar-refractivity contribution in [2.24, 2.45) is 4.99 Å². The van der Waals surface area contributed by atoms with Crippen LogP contribution in [0.5, 0.6) is 5.75 Å². The Morgan fingerprint density at radius 3 is 2.61 bits per heavy atom. The second-order valence-electron chi connectivity index (χ2n) is 7.25. The fourth-order valence-electron chi connectivity index (χ4n) is 3.69.